The van der Waals surface area contributed by atoms with Gasteiger partial charge in [0.25, 0.3) is 0 Å². The lowest BCUT2D eigenvalue weighted by Crippen LogP contribution is -2.51. The van der Waals surface area contributed by atoms with Gasteiger partial charge in [0.05, 0.1) is 12.5 Å². The van der Waals surface area contributed by atoms with E-state index in [2.05, 4.69) is 0 Å². The summed E-state index contributed by atoms with van der Waals surface area (Å²) >= 11 is 0. The zero-order valence-electron chi connectivity index (χ0n) is 11.0. The molecule has 5 atom stereocenters. The molecule has 6 nitrogen and oxygen atoms in total. The number of benzene rings is 1. The topological polar surface area (TPSA) is 96.2 Å². The van der Waals surface area contributed by atoms with Crippen LogP contribution < -0.4 is 0 Å². The number of methoxy groups -OCH3 is 1. The Morgan fingerprint density at radius 1 is 1.15 bits per heavy atom. The van der Waals surface area contributed by atoms with Crippen LogP contribution in [0.25, 0.3) is 0 Å². The quantitative estimate of drug-likeness (QED) is 0.649. The van der Waals surface area contributed by atoms with Crippen LogP contribution in [0.5, 0.6) is 0 Å². The summed E-state index contributed by atoms with van der Waals surface area (Å²) in [5, 5.41) is 30.1. The predicted molar refractivity (Wildman–Crippen MR) is 68.7 cm³/mol. The number of ether oxygens (including phenoxy) is 2. The SMILES string of the molecule is CO[C@@H]1[C@H](O)[C@@H](O)[C@H](c2ccccc2)OC(=O)C[C@@H]1O. The van der Waals surface area contributed by atoms with Gasteiger partial charge in [-0.2, -0.15) is 0 Å². The highest BCUT2D eigenvalue weighted by Crippen LogP contribution is 2.29. The Kier molecular flexibility index (Phi) is 4.72. The van der Waals surface area contributed by atoms with Crippen molar-refractivity contribution >= 4 is 5.97 Å². The third-order valence-corrected chi connectivity index (χ3v) is 3.41. The van der Waals surface area contributed by atoms with Gasteiger partial charge < -0.3 is 24.8 Å². The van der Waals surface area contributed by atoms with E-state index >= 15 is 0 Å². The summed E-state index contributed by atoms with van der Waals surface area (Å²) in [5.74, 6) is -0.653. The summed E-state index contributed by atoms with van der Waals surface area (Å²) in [4.78, 5) is 11.7. The minimum Gasteiger partial charge on any atom is -0.455 e. The van der Waals surface area contributed by atoms with Crippen molar-refractivity contribution in [2.75, 3.05) is 7.11 Å². The molecule has 0 unspecified atom stereocenters. The van der Waals surface area contributed by atoms with Crippen LogP contribution in [-0.2, 0) is 14.3 Å². The average Bonchev–Trinajstić information content (AvgIpc) is 2.44. The van der Waals surface area contributed by atoms with E-state index < -0.39 is 36.5 Å². The maximum absolute atomic E-state index is 11.7. The normalized spacial score (nSPS) is 35.0. The van der Waals surface area contributed by atoms with E-state index in [1.807, 2.05) is 0 Å². The molecule has 1 fully saturated rings. The van der Waals surface area contributed by atoms with Gasteiger partial charge in [-0.05, 0) is 5.56 Å². The van der Waals surface area contributed by atoms with Gasteiger partial charge in [-0.3, -0.25) is 4.79 Å². The number of rotatable bonds is 2. The van der Waals surface area contributed by atoms with Crippen LogP contribution in [0.2, 0.25) is 0 Å². The van der Waals surface area contributed by atoms with Gasteiger partial charge in [0, 0.05) is 7.11 Å². The average molecular weight is 282 g/mol. The molecule has 0 radical (unpaired) electrons. The van der Waals surface area contributed by atoms with E-state index in [1.54, 1.807) is 30.3 Å². The Hall–Kier alpha value is -1.47. The minimum atomic E-state index is -1.39. The molecule has 0 saturated carbocycles. The first-order valence-corrected chi connectivity index (χ1v) is 6.36. The zero-order valence-corrected chi connectivity index (χ0v) is 11.0. The maximum Gasteiger partial charge on any atom is 0.309 e. The first-order valence-electron chi connectivity index (χ1n) is 6.36. The number of esters is 1. The van der Waals surface area contributed by atoms with Crippen molar-refractivity contribution in [2.24, 2.45) is 0 Å². The van der Waals surface area contributed by atoms with Gasteiger partial charge in [0.1, 0.15) is 18.3 Å². The second kappa shape index (κ2) is 6.32. The van der Waals surface area contributed by atoms with Crippen LogP contribution in [0.4, 0.5) is 0 Å². The van der Waals surface area contributed by atoms with Crippen LogP contribution in [0.3, 0.4) is 0 Å². The molecule has 2 rings (SSSR count). The van der Waals surface area contributed by atoms with E-state index in [1.165, 1.54) is 7.11 Å². The predicted octanol–water partition coefficient (Wildman–Crippen LogP) is -0.228. The van der Waals surface area contributed by atoms with Crippen LogP contribution >= 0.6 is 0 Å². The lowest BCUT2D eigenvalue weighted by atomic mass is 9.92. The monoisotopic (exact) mass is 282 g/mol. The smallest absolute Gasteiger partial charge is 0.309 e. The van der Waals surface area contributed by atoms with Gasteiger partial charge in [0.2, 0.25) is 0 Å². The number of cyclic esters (lactones) is 1. The molecule has 20 heavy (non-hydrogen) atoms. The van der Waals surface area contributed by atoms with E-state index in [4.69, 9.17) is 9.47 Å². The molecule has 110 valence electrons. The third kappa shape index (κ3) is 2.99. The zero-order chi connectivity index (χ0) is 14.7. The highest BCUT2D eigenvalue weighted by atomic mass is 16.6. The lowest BCUT2D eigenvalue weighted by Gasteiger charge is -2.35. The Morgan fingerprint density at radius 2 is 1.80 bits per heavy atom. The van der Waals surface area contributed by atoms with Crippen LogP contribution in [-0.4, -0.2) is 52.8 Å². The molecule has 1 heterocycles. The molecular formula is C14H18O6. The summed E-state index contributed by atoms with van der Waals surface area (Å²) in [6, 6.07) is 8.65. The van der Waals surface area contributed by atoms with E-state index in [0.29, 0.717) is 5.56 Å². The Morgan fingerprint density at radius 3 is 2.40 bits per heavy atom. The number of aliphatic hydroxyl groups excluding tert-OH is 3. The van der Waals surface area contributed by atoms with Gasteiger partial charge in [-0.15, -0.1) is 0 Å². The number of carbonyl (C=O) groups excluding carboxylic acids is 1. The second-order valence-electron chi connectivity index (χ2n) is 4.77. The molecule has 1 aromatic rings. The number of carbonyl (C=O) groups is 1. The molecule has 0 bridgehead atoms. The highest BCUT2D eigenvalue weighted by molar-refractivity contribution is 5.70. The minimum absolute atomic E-state index is 0.300. The van der Waals surface area contributed by atoms with E-state index in [0.717, 1.165) is 0 Å². The van der Waals surface area contributed by atoms with Crippen molar-refractivity contribution in [3.8, 4) is 0 Å². The molecule has 0 aromatic heterocycles. The Labute approximate surface area is 116 Å². The number of hydrogen-bond donors (Lipinski definition) is 3. The first kappa shape index (κ1) is 14.9. The largest absolute Gasteiger partial charge is 0.455 e. The Bertz CT molecular complexity index is 448. The van der Waals surface area contributed by atoms with Crippen molar-refractivity contribution < 1.29 is 29.6 Å². The van der Waals surface area contributed by atoms with Crippen molar-refractivity contribution in [1.82, 2.24) is 0 Å². The van der Waals surface area contributed by atoms with Crippen molar-refractivity contribution in [3.63, 3.8) is 0 Å². The van der Waals surface area contributed by atoms with Gasteiger partial charge in [-0.1, -0.05) is 30.3 Å². The third-order valence-electron chi connectivity index (χ3n) is 3.41. The van der Waals surface area contributed by atoms with Crippen LogP contribution in [0, 0.1) is 0 Å². The fourth-order valence-corrected chi connectivity index (χ4v) is 2.35. The lowest BCUT2D eigenvalue weighted by molar-refractivity contribution is -0.191. The number of hydrogen-bond acceptors (Lipinski definition) is 6. The molecule has 1 aromatic carbocycles. The molecule has 1 saturated heterocycles. The summed E-state index contributed by atoms with van der Waals surface area (Å²) in [5.41, 5.74) is 0.568. The van der Waals surface area contributed by atoms with Crippen LogP contribution in [0.1, 0.15) is 18.1 Å². The van der Waals surface area contributed by atoms with Gasteiger partial charge in [0.15, 0.2) is 6.10 Å². The molecule has 3 N–H and O–H groups in total. The fourth-order valence-electron chi connectivity index (χ4n) is 2.35. The fraction of sp³-hybridized carbons (Fsp3) is 0.500. The molecule has 0 amide bonds. The van der Waals surface area contributed by atoms with E-state index in [-0.39, 0.29) is 6.42 Å². The number of aliphatic hydroxyl groups is 3. The highest BCUT2D eigenvalue weighted by Gasteiger charge is 2.42. The van der Waals surface area contributed by atoms with E-state index in [9.17, 15) is 20.1 Å². The maximum atomic E-state index is 11.7. The van der Waals surface area contributed by atoms with Crippen molar-refractivity contribution in [1.29, 1.82) is 0 Å². The summed E-state index contributed by atoms with van der Waals surface area (Å²) in [7, 11) is 1.30. The standard InChI is InChI=1S/C14H18O6/c1-19-14-9(15)7-10(16)20-13(11(17)12(14)18)8-5-3-2-4-6-8/h2-6,9,11-15,17-18H,7H2,1H3/t9-,11+,12+,13-,14-/m0/s1. The summed E-state index contributed by atoms with van der Waals surface area (Å²) in [6.45, 7) is 0. The molecule has 6 heteroatoms. The second-order valence-corrected chi connectivity index (χ2v) is 4.77. The van der Waals surface area contributed by atoms with Gasteiger partial charge >= 0.3 is 5.97 Å². The summed E-state index contributed by atoms with van der Waals surface area (Å²) < 4.78 is 10.1. The van der Waals surface area contributed by atoms with Gasteiger partial charge in [-0.25, -0.2) is 0 Å². The van der Waals surface area contributed by atoms with Crippen molar-refractivity contribution in [3.05, 3.63) is 35.9 Å². The molecule has 1 aliphatic rings. The van der Waals surface area contributed by atoms with Crippen molar-refractivity contribution in [2.45, 2.75) is 36.9 Å². The molecular weight excluding hydrogens is 264 g/mol. The summed E-state index contributed by atoms with van der Waals surface area (Å²) in [6.07, 6.45) is -6.33. The molecule has 1 aliphatic heterocycles. The molecule has 0 aliphatic carbocycles. The molecule has 0 spiro atoms. The van der Waals surface area contributed by atoms with Crippen LogP contribution in [0.15, 0.2) is 30.3 Å². The first-order chi connectivity index (χ1) is 9.54. The Balaban J connectivity index is 2.31.